The molecule has 1 aromatic heterocycles. The van der Waals surface area contributed by atoms with E-state index in [9.17, 15) is 13.2 Å². The number of nitrogens with zero attached hydrogens (tertiary/aromatic N) is 3. The number of hydrogen-bond acceptors (Lipinski definition) is 3. The van der Waals surface area contributed by atoms with Gasteiger partial charge in [0.05, 0.1) is 10.5 Å². The Morgan fingerprint density at radius 2 is 1.63 bits per heavy atom. The Labute approximate surface area is 177 Å². The zero-order valence-electron chi connectivity index (χ0n) is 17.4. The van der Waals surface area contributed by atoms with E-state index < -0.39 is 10.0 Å². The van der Waals surface area contributed by atoms with Crippen molar-refractivity contribution in [2.24, 2.45) is 7.05 Å². The maximum absolute atomic E-state index is 13.1. The van der Waals surface area contributed by atoms with Crippen LogP contribution in [-0.2, 0) is 23.5 Å². The molecule has 6 nitrogen and oxygen atoms in total. The number of fused-ring (bicyclic) bond motifs is 1. The van der Waals surface area contributed by atoms with Crippen LogP contribution in [0, 0.1) is 0 Å². The number of carbonyl (C=O) groups excluding carboxylic acids is 1. The number of sulfonamides is 1. The summed E-state index contributed by atoms with van der Waals surface area (Å²) < 4.78 is 29.4. The minimum Gasteiger partial charge on any atom is -0.350 e. The average molecular weight is 426 g/mol. The third kappa shape index (κ3) is 3.75. The van der Waals surface area contributed by atoms with E-state index in [4.69, 9.17) is 0 Å². The predicted molar refractivity (Wildman–Crippen MR) is 118 cm³/mol. The topological polar surface area (TPSA) is 62.6 Å². The van der Waals surface area contributed by atoms with Crippen LogP contribution in [0.1, 0.15) is 29.3 Å². The summed E-state index contributed by atoms with van der Waals surface area (Å²) in [5.74, 6) is -0.0484. The normalized spacial score (nSPS) is 15.6. The third-order valence-corrected chi connectivity index (χ3v) is 7.67. The molecule has 4 rings (SSSR count). The number of benzene rings is 2. The molecule has 1 amide bonds. The lowest BCUT2D eigenvalue weighted by atomic mass is 10.1. The van der Waals surface area contributed by atoms with Crippen molar-refractivity contribution in [3.63, 3.8) is 0 Å². The molecule has 0 N–H and O–H groups in total. The van der Waals surface area contributed by atoms with Gasteiger partial charge in [-0.1, -0.05) is 43.7 Å². The molecule has 0 unspecified atom stereocenters. The van der Waals surface area contributed by atoms with Crippen LogP contribution in [0.2, 0.25) is 0 Å². The molecule has 1 aliphatic rings. The van der Waals surface area contributed by atoms with E-state index >= 15 is 0 Å². The minimum absolute atomic E-state index is 0.0484. The summed E-state index contributed by atoms with van der Waals surface area (Å²) in [7, 11) is -1.62. The Hall–Kier alpha value is -2.64. The Morgan fingerprint density at radius 3 is 2.30 bits per heavy atom. The summed E-state index contributed by atoms with van der Waals surface area (Å²) in [4.78, 5) is 15.2. The number of aryl methyl sites for hydroxylation is 2. The lowest BCUT2D eigenvalue weighted by Crippen LogP contribution is -2.50. The van der Waals surface area contributed by atoms with Gasteiger partial charge in [-0.2, -0.15) is 4.31 Å². The van der Waals surface area contributed by atoms with Crippen LogP contribution in [0.4, 0.5) is 0 Å². The third-order valence-electron chi connectivity index (χ3n) is 5.75. The van der Waals surface area contributed by atoms with Gasteiger partial charge in [0, 0.05) is 50.3 Å². The Morgan fingerprint density at radius 1 is 0.967 bits per heavy atom. The van der Waals surface area contributed by atoms with E-state index in [1.54, 1.807) is 17.0 Å². The van der Waals surface area contributed by atoms with Crippen molar-refractivity contribution in [2.75, 3.05) is 26.2 Å². The highest BCUT2D eigenvalue weighted by molar-refractivity contribution is 7.89. The molecule has 0 radical (unpaired) electrons. The second-order valence-electron chi connectivity index (χ2n) is 7.76. The number of rotatable bonds is 5. The number of para-hydroxylation sites is 1. The maximum atomic E-state index is 13.1. The first-order valence-electron chi connectivity index (χ1n) is 10.3. The second-order valence-corrected chi connectivity index (χ2v) is 9.70. The second kappa shape index (κ2) is 8.24. The lowest BCUT2D eigenvalue weighted by Gasteiger charge is -2.34. The fraction of sp³-hybridized carbons (Fsp3) is 0.348. The quantitative estimate of drug-likeness (QED) is 0.630. The van der Waals surface area contributed by atoms with Gasteiger partial charge in [0.2, 0.25) is 10.0 Å². The first-order valence-corrected chi connectivity index (χ1v) is 11.8. The fourth-order valence-corrected chi connectivity index (χ4v) is 5.50. The number of piperazine rings is 1. The molecule has 1 saturated heterocycles. The summed E-state index contributed by atoms with van der Waals surface area (Å²) in [5, 5.41) is 0.923. The molecule has 30 heavy (non-hydrogen) atoms. The molecule has 0 spiro atoms. The molecular weight excluding hydrogens is 398 g/mol. The van der Waals surface area contributed by atoms with Gasteiger partial charge in [0.25, 0.3) is 5.91 Å². The number of hydrogen-bond donors (Lipinski definition) is 0. The van der Waals surface area contributed by atoms with Crippen LogP contribution in [0.15, 0.2) is 59.6 Å². The van der Waals surface area contributed by atoms with E-state index in [0.29, 0.717) is 36.6 Å². The summed E-state index contributed by atoms with van der Waals surface area (Å²) in [6.45, 7) is 3.47. The van der Waals surface area contributed by atoms with Crippen molar-refractivity contribution in [3.8, 4) is 0 Å². The van der Waals surface area contributed by atoms with Crippen molar-refractivity contribution < 1.29 is 13.2 Å². The highest BCUT2D eigenvalue weighted by Crippen LogP contribution is 2.24. The molecule has 0 aliphatic carbocycles. The Balaban J connectivity index is 1.47. The summed E-state index contributed by atoms with van der Waals surface area (Å²) in [6, 6.07) is 15.0. The highest BCUT2D eigenvalue weighted by atomic mass is 32.2. The largest absolute Gasteiger partial charge is 0.350 e. The highest BCUT2D eigenvalue weighted by Gasteiger charge is 2.31. The van der Waals surface area contributed by atoms with Gasteiger partial charge in [-0.3, -0.25) is 4.79 Å². The predicted octanol–water partition coefficient (Wildman–Crippen LogP) is 3.28. The summed E-state index contributed by atoms with van der Waals surface area (Å²) in [6.07, 6.45) is 3.82. The van der Waals surface area contributed by atoms with Crippen LogP contribution in [0.3, 0.4) is 0 Å². The van der Waals surface area contributed by atoms with Gasteiger partial charge in [-0.15, -0.1) is 0 Å². The van der Waals surface area contributed by atoms with Gasteiger partial charge >= 0.3 is 0 Å². The lowest BCUT2D eigenvalue weighted by molar-refractivity contribution is 0.0699. The van der Waals surface area contributed by atoms with Crippen LogP contribution >= 0.6 is 0 Å². The molecule has 1 aliphatic heterocycles. The smallest absolute Gasteiger partial charge is 0.256 e. The fourth-order valence-electron chi connectivity index (χ4n) is 4.08. The average Bonchev–Trinajstić information content (AvgIpc) is 3.11. The van der Waals surface area contributed by atoms with Crippen molar-refractivity contribution in [3.05, 3.63) is 65.9 Å². The minimum atomic E-state index is -3.55. The SMILES string of the molecule is CCCc1ccc(S(=O)(=O)N2CCN(C(=O)c3cn(C)c4ccccc34)CC2)cc1. The standard InChI is InChI=1S/C23H27N3O3S/c1-3-6-18-9-11-19(12-10-18)30(28,29)26-15-13-25(14-16-26)23(27)21-17-24(2)22-8-5-4-7-20(21)22/h4-5,7-12,17H,3,6,13-16H2,1-2H3. The number of carbonyl (C=O) groups is 1. The van der Waals surface area contributed by atoms with Crippen LogP contribution < -0.4 is 0 Å². The van der Waals surface area contributed by atoms with Crippen LogP contribution in [0.25, 0.3) is 10.9 Å². The molecule has 0 saturated carbocycles. The Kier molecular flexibility index (Phi) is 5.66. The molecule has 158 valence electrons. The zero-order valence-corrected chi connectivity index (χ0v) is 18.2. The van der Waals surface area contributed by atoms with Gasteiger partial charge < -0.3 is 9.47 Å². The van der Waals surface area contributed by atoms with Crippen LogP contribution in [0.5, 0.6) is 0 Å². The molecule has 2 aromatic carbocycles. The van der Waals surface area contributed by atoms with E-state index in [1.807, 2.05) is 54.2 Å². The first kappa shape index (κ1) is 20.6. The number of aromatic nitrogens is 1. The molecule has 7 heteroatoms. The summed E-state index contributed by atoms with van der Waals surface area (Å²) in [5.41, 5.74) is 2.81. The first-order chi connectivity index (χ1) is 14.4. The van der Waals surface area contributed by atoms with Crippen LogP contribution in [-0.4, -0.2) is 54.3 Å². The molecule has 1 fully saturated rings. The van der Waals surface area contributed by atoms with Crippen molar-refractivity contribution >= 4 is 26.8 Å². The molecule has 0 bridgehead atoms. The van der Waals surface area contributed by atoms with Gasteiger partial charge in [-0.05, 0) is 30.2 Å². The van der Waals surface area contributed by atoms with Gasteiger partial charge in [-0.25, -0.2) is 8.42 Å². The molecular formula is C23H27N3O3S. The Bertz CT molecular complexity index is 1160. The number of amides is 1. The van der Waals surface area contributed by atoms with E-state index in [1.165, 1.54) is 4.31 Å². The van der Waals surface area contributed by atoms with E-state index in [-0.39, 0.29) is 5.91 Å². The molecule has 0 atom stereocenters. The van der Waals surface area contributed by atoms with Gasteiger partial charge in [0.1, 0.15) is 0 Å². The van der Waals surface area contributed by atoms with E-state index in [0.717, 1.165) is 29.3 Å². The maximum Gasteiger partial charge on any atom is 0.256 e. The summed E-state index contributed by atoms with van der Waals surface area (Å²) >= 11 is 0. The van der Waals surface area contributed by atoms with Gasteiger partial charge in [0.15, 0.2) is 0 Å². The molecule has 2 heterocycles. The van der Waals surface area contributed by atoms with E-state index in [2.05, 4.69) is 6.92 Å². The van der Waals surface area contributed by atoms with Crippen molar-refractivity contribution in [1.82, 2.24) is 13.8 Å². The van der Waals surface area contributed by atoms with Crippen molar-refractivity contribution in [2.45, 2.75) is 24.7 Å². The zero-order chi connectivity index (χ0) is 21.3. The molecule has 3 aromatic rings. The monoisotopic (exact) mass is 425 g/mol. The van der Waals surface area contributed by atoms with Crippen molar-refractivity contribution in [1.29, 1.82) is 0 Å².